The molecule has 27 heteroatoms. The van der Waals surface area contributed by atoms with E-state index in [1.807, 2.05) is 44.0 Å². The van der Waals surface area contributed by atoms with Gasteiger partial charge in [-0.25, -0.2) is 14.4 Å². The molecule has 2 fully saturated rings. The lowest BCUT2D eigenvalue weighted by molar-refractivity contribution is -0.157. The lowest BCUT2D eigenvalue weighted by Gasteiger charge is -2.42. The molecule has 6 rings (SSSR count). The van der Waals surface area contributed by atoms with Crippen LogP contribution in [0.5, 0.6) is 11.5 Å². The number of likely N-dealkylation sites (N-methyl/N-ethyl adjacent to an activating group) is 1. The Morgan fingerprint density at radius 3 is 2.31 bits per heavy atom. The Kier molecular flexibility index (Phi) is 24.0. The van der Waals surface area contributed by atoms with E-state index < -0.39 is 95.6 Å². The van der Waals surface area contributed by atoms with Gasteiger partial charge in [0, 0.05) is 90.0 Å². The number of imide groups is 1. The predicted molar refractivity (Wildman–Crippen MR) is 328 cm³/mol. The monoisotopic (exact) mass is 1250 g/mol. The first-order valence-corrected chi connectivity index (χ1v) is 29.6. The minimum Gasteiger partial charge on any atom is -0.496 e. The maximum absolute atomic E-state index is 14.5. The second-order valence-electron chi connectivity index (χ2n) is 22.8. The fraction of sp³-hybridized carbons (Fsp3) is 0.550. The summed E-state index contributed by atoms with van der Waals surface area (Å²) in [4.78, 5) is 109. The molecule has 0 unspecified atom stereocenters. The molecule has 4 aliphatic heterocycles. The summed E-state index contributed by atoms with van der Waals surface area (Å²) in [5.41, 5.74) is 5.01. The Bertz CT molecular complexity index is 2980. The molecule has 4 aliphatic rings. The second-order valence-corrected chi connectivity index (χ2v) is 23.5. The Morgan fingerprint density at radius 1 is 0.966 bits per heavy atom. The van der Waals surface area contributed by atoms with Gasteiger partial charge in [-0.1, -0.05) is 56.2 Å². The number of anilines is 2. The van der Waals surface area contributed by atoms with Crippen molar-refractivity contribution in [2.24, 2.45) is 17.6 Å². The van der Waals surface area contributed by atoms with Crippen LogP contribution in [0.3, 0.4) is 0 Å². The van der Waals surface area contributed by atoms with Gasteiger partial charge < -0.3 is 75.6 Å². The van der Waals surface area contributed by atoms with Gasteiger partial charge in [-0.15, -0.1) is 0 Å². The number of urea groups is 1. The summed E-state index contributed by atoms with van der Waals surface area (Å²) in [6.07, 6.45) is 5.52. The molecule has 4 bridgehead atoms. The highest BCUT2D eigenvalue weighted by Crippen LogP contribution is 2.49. The summed E-state index contributed by atoms with van der Waals surface area (Å²) >= 11 is 12.4. The van der Waals surface area contributed by atoms with Gasteiger partial charge in [-0.05, 0) is 101 Å². The number of nitrogens with two attached hydrogens (primary N) is 1. The van der Waals surface area contributed by atoms with E-state index in [-0.39, 0.29) is 78.6 Å². The predicted octanol–water partition coefficient (Wildman–Crippen LogP) is 4.38. The average molecular weight is 1250 g/mol. The Balaban J connectivity index is 1.16. The third kappa shape index (κ3) is 17.6. The zero-order chi connectivity index (χ0) is 64.1. The van der Waals surface area contributed by atoms with Crippen molar-refractivity contribution in [3.8, 4) is 11.5 Å². The Morgan fingerprint density at radius 2 is 1.66 bits per heavy atom. The topological polar surface area (TPSA) is 323 Å². The zero-order valence-corrected chi connectivity index (χ0v) is 52.7. The molecule has 9 N–H and O–H groups in total. The van der Waals surface area contributed by atoms with E-state index in [9.17, 15) is 43.5 Å². The molecule has 8 amide bonds. The first-order valence-electron chi connectivity index (χ1n) is 28.9. The lowest BCUT2D eigenvalue weighted by Crippen LogP contribution is -2.63. The summed E-state index contributed by atoms with van der Waals surface area (Å²) in [6.45, 7) is 11.7. The van der Waals surface area contributed by atoms with Gasteiger partial charge in [0.1, 0.15) is 58.6 Å². The van der Waals surface area contributed by atoms with E-state index in [1.165, 1.54) is 70.6 Å². The summed E-state index contributed by atoms with van der Waals surface area (Å²) < 4.78 is 35.7. The highest BCUT2D eigenvalue weighted by atomic mass is 35.5. The minimum atomic E-state index is -1.86. The summed E-state index contributed by atoms with van der Waals surface area (Å²) in [7, 11) is 7.58. The molecule has 0 aromatic heterocycles. The van der Waals surface area contributed by atoms with Crippen molar-refractivity contribution in [3.05, 3.63) is 82.4 Å². The van der Waals surface area contributed by atoms with E-state index >= 15 is 0 Å². The van der Waals surface area contributed by atoms with E-state index in [1.54, 1.807) is 32.9 Å². The molecule has 0 spiro atoms. The molecular weight excluding hydrogens is 1170 g/mol. The number of amides is 8. The van der Waals surface area contributed by atoms with E-state index in [2.05, 4.69) is 31.9 Å². The van der Waals surface area contributed by atoms with Crippen molar-refractivity contribution in [2.75, 3.05) is 71.8 Å². The van der Waals surface area contributed by atoms with Gasteiger partial charge in [0.15, 0.2) is 10.8 Å². The maximum Gasteiger partial charge on any atom is 0.409 e. The number of nitrogens with zero attached hydrogens (tertiary/aromatic N) is 3. The molecular formula is C60H83ClN10O15S. The van der Waals surface area contributed by atoms with Crippen LogP contribution < -0.4 is 52.0 Å². The van der Waals surface area contributed by atoms with Gasteiger partial charge in [0.25, 0.3) is 17.7 Å². The van der Waals surface area contributed by atoms with Crippen LogP contribution in [0, 0.1) is 11.8 Å². The van der Waals surface area contributed by atoms with E-state index in [0.717, 1.165) is 16.0 Å². The minimum absolute atomic E-state index is 0.0346. The van der Waals surface area contributed by atoms with Crippen LogP contribution in [0.15, 0.2) is 66.3 Å². The van der Waals surface area contributed by atoms with Crippen molar-refractivity contribution in [3.63, 3.8) is 0 Å². The molecule has 25 nitrogen and oxygen atoms in total. The molecule has 2 saturated heterocycles. The Hall–Kier alpha value is -7.52. The quantitative estimate of drug-likeness (QED) is 0.0267. The van der Waals surface area contributed by atoms with Gasteiger partial charge in [-0.3, -0.25) is 34.2 Å². The van der Waals surface area contributed by atoms with E-state index in [0.29, 0.717) is 48.8 Å². The number of hydrogen-bond acceptors (Lipinski definition) is 17. The number of esters is 1. The maximum atomic E-state index is 14.5. The van der Waals surface area contributed by atoms with Crippen LogP contribution in [-0.4, -0.2) is 183 Å². The van der Waals surface area contributed by atoms with Crippen molar-refractivity contribution in [1.29, 1.82) is 0 Å². The highest BCUT2D eigenvalue weighted by molar-refractivity contribution is 7.80. The summed E-state index contributed by atoms with van der Waals surface area (Å²) in [6, 6.07) is 4.13. The van der Waals surface area contributed by atoms with E-state index in [4.69, 9.17) is 58.0 Å². The number of nitrogens with one attached hydrogen (secondary N) is 6. The number of epoxide rings is 1. The molecule has 10 atom stereocenters. The second kappa shape index (κ2) is 30.4. The van der Waals surface area contributed by atoms with Crippen LogP contribution in [-0.2, 0) is 49.3 Å². The average Bonchev–Trinajstić information content (AvgIpc) is 2.06. The smallest absolute Gasteiger partial charge is 0.409 e. The first kappa shape index (κ1) is 68.6. The molecule has 87 heavy (non-hydrogen) atoms. The zero-order valence-electron chi connectivity index (χ0n) is 51.1. The number of benzene rings is 2. The number of primary amides is 1. The lowest BCUT2D eigenvalue weighted by atomic mass is 9.83. The fourth-order valence-electron chi connectivity index (χ4n) is 10.7. The van der Waals surface area contributed by atoms with Crippen LogP contribution in [0.25, 0.3) is 0 Å². The van der Waals surface area contributed by atoms with Gasteiger partial charge in [0.2, 0.25) is 11.8 Å². The number of ether oxygens (including phenoxy) is 6. The summed E-state index contributed by atoms with van der Waals surface area (Å²) in [5, 5.41) is 29.2. The van der Waals surface area contributed by atoms with Crippen molar-refractivity contribution >= 4 is 87.9 Å². The number of carbonyl (C=O) groups excluding carboxylic acids is 8. The number of halogens is 1. The van der Waals surface area contributed by atoms with Crippen molar-refractivity contribution in [1.82, 2.24) is 36.4 Å². The fourth-order valence-corrected chi connectivity index (χ4v) is 11.3. The van der Waals surface area contributed by atoms with Crippen LogP contribution >= 0.6 is 23.8 Å². The number of unbranched alkanes of at least 4 members (excludes halogenated alkanes) is 1. The largest absolute Gasteiger partial charge is 0.496 e. The number of alkyl carbamates (subject to hydrolysis) is 1. The van der Waals surface area contributed by atoms with Crippen LogP contribution in [0.1, 0.15) is 96.0 Å². The number of fused-ring (bicyclic) bond motifs is 5. The third-order valence-corrected chi connectivity index (χ3v) is 16.7. The van der Waals surface area contributed by atoms with Crippen molar-refractivity contribution < 1.29 is 71.9 Å². The first-order chi connectivity index (χ1) is 41.1. The van der Waals surface area contributed by atoms with Crippen LogP contribution in [0.2, 0.25) is 5.02 Å². The molecule has 476 valence electrons. The van der Waals surface area contributed by atoms with Crippen molar-refractivity contribution in [2.45, 2.75) is 140 Å². The van der Waals surface area contributed by atoms with Gasteiger partial charge >= 0.3 is 18.1 Å². The number of hydrogen-bond donors (Lipinski definition) is 8. The summed E-state index contributed by atoms with van der Waals surface area (Å²) in [5.74, 6) is -3.65. The number of rotatable bonds is 22. The van der Waals surface area contributed by atoms with Gasteiger partial charge in [-0.2, -0.15) is 0 Å². The Labute approximate surface area is 517 Å². The third-order valence-electron chi connectivity index (χ3n) is 16.0. The molecule has 2 aromatic carbocycles. The standard InChI is InChI=1S/C60H83ClN10O15S/c1-33(2)50(67-57(87)64-24-12-13-26-71-47(72)21-22-48(71)73)53(75)66-40(17-15-25-63-56(62)78)52(74)65-38-19-20-39(42(31-38)81-9)54(76)70(8)36(5)55(77)85-45-23-27-69(7)41-29-37(30-43(82-10)49(41)61)28-34(3)16-14-18-46(83-11)60(80)32-44(84-58(79)68-60)35(4)51-59(45,6)86-51/h14,16,18-22,29-31,33,35-36,40,44-46,50-51,80H,12-13,15,17,23-28,32H2,1-11H3,(H,65,74)(H,66,75)(H,68,79)(H3,62,63,78)(H2,64,67,87)/b18-14+,34-16+/t35-,36+,40+,44+,45+,46-,50+,51+,59+,60+/m1/s1. The number of allylic oxidation sites excluding steroid dienone is 3. The SMILES string of the molecule is COc1cc(NC(=O)[C@H](CCCNC(N)=O)NC(=O)[C@@H](NC(=S)NCCCCN2C(=O)C=CC2=O)C(C)C)ccc1C(=O)N(C)[C@@H](C)C(=O)O[C@H]1CCN(C)c2cc(cc(OC)c2Cl)C/C(C)=C/C=C/[C@@H](OC)[C@@]2(O)C[C@H](OC(=O)N2)[C@@H](C)[C@@H]2O[C@@]12C. The molecule has 2 aromatic rings. The highest BCUT2D eigenvalue weighted by Gasteiger charge is 2.64. The molecule has 0 radical (unpaired) electrons. The number of aliphatic hydroxyl groups is 1. The molecule has 4 heterocycles. The number of carbonyl (C=O) groups is 8. The van der Waals surface area contributed by atoms with Crippen LogP contribution in [0.4, 0.5) is 21.0 Å². The van der Waals surface area contributed by atoms with Gasteiger partial charge in [0.05, 0.1) is 31.6 Å². The molecule has 0 aliphatic carbocycles. The number of thiocarbonyl (C=S) groups is 1. The number of methoxy groups -OCH3 is 3. The molecule has 0 saturated carbocycles. The normalized spacial score (nSPS) is 24.8.